The van der Waals surface area contributed by atoms with Crippen LogP contribution in [0.25, 0.3) is 0 Å². The highest BCUT2D eigenvalue weighted by molar-refractivity contribution is 9.18. The van der Waals surface area contributed by atoms with Gasteiger partial charge >= 0.3 is 0 Å². The Morgan fingerprint density at radius 1 is 1.47 bits per heavy atom. The Morgan fingerprint density at radius 3 is 2.53 bits per heavy atom. The lowest BCUT2D eigenvalue weighted by molar-refractivity contribution is 0.630. The first-order chi connectivity index (χ1) is 6.81. The molecule has 0 bridgehead atoms. The summed E-state index contributed by atoms with van der Waals surface area (Å²) in [6, 6.07) is 0. The maximum absolute atomic E-state index is 7.54. The number of nitrogen functional groups attached to an aromatic ring is 1. The average Bonchev–Trinajstić information content (AvgIpc) is 1.99. The molecule has 0 amide bonds. The molecule has 0 radical (unpaired) electrons. The third kappa shape index (κ3) is 3.16. The predicted octanol–water partition coefficient (Wildman–Crippen LogP) is 1.99. The van der Waals surface area contributed by atoms with Gasteiger partial charge in [-0.2, -0.15) is 0 Å². The zero-order valence-electron chi connectivity index (χ0n) is 8.93. The molecular weight excluding hydrogens is 258 g/mol. The third-order valence-electron chi connectivity index (χ3n) is 1.59. The highest BCUT2D eigenvalue weighted by Gasteiger charge is 2.17. The van der Waals surface area contributed by atoms with Crippen LogP contribution in [0.4, 0.5) is 11.6 Å². The van der Waals surface area contributed by atoms with Crippen LogP contribution < -0.4 is 11.1 Å². The number of hydrogen-bond acceptors (Lipinski definition) is 5. The van der Waals surface area contributed by atoms with E-state index in [0.717, 1.165) is 0 Å². The van der Waals surface area contributed by atoms with Crippen LogP contribution >= 0.6 is 15.9 Å². The Hall–Kier alpha value is -1.17. The molecule has 0 aliphatic carbocycles. The molecule has 0 atom stereocenters. The van der Waals surface area contributed by atoms with Crippen molar-refractivity contribution in [2.75, 3.05) is 11.1 Å². The Kier molecular flexibility index (Phi) is 3.28. The molecule has 82 valence electrons. The summed E-state index contributed by atoms with van der Waals surface area (Å²) >= 11 is 3.08. The van der Waals surface area contributed by atoms with Gasteiger partial charge in [-0.15, -0.1) is 0 Å². The van der Waals surface area contributed by atoms with Gasteiger partial charge in [0.05, 0.1) is 5.56 Å². The van der Waals surface area contributed by atoms with E-state index in [9.17, 15) is 0 Å². The molecule has 5 nitrogen and oxygen atoms in total. The molecule has 0 saturated carbocycles. The van der Waals surface area contributed by atoms with Gasteiger partial charge in [0.1, 0.15) is 22.6 Å². The lowest BCUT2D eigenvalue weighted by atomic mass is 10.1. The average molecular weight is 272 g/mol. The van der Waals surface area contributed by atoms with Gasteiger partial charge in [0.2, 0.25) is 0 Å². The fourth-order valence-electron chi connectivity index (χ4n) is 1.07. The highest BCUT2D eigenvalue weighted by atomic mass is 79.9. The number of nitrogens with two attached hydrogens (primary N) is 1. The van der Waals surface area contributed by atoms with Crippen molar-refractivity contribution >= 4 is 32.2 Å². The molecule has 4 N–H and O–H groups in total. The van der Waals surface area contributed by atoms with Gasteiger partial charge in [0.25, 0.3) is 0 Å². The van der Waals surface area contributed by atoms with Crippen LogP contribution in [0, 0.1) is 5.41 Å². The van der Waals surface area contributed by atoms with E-state index in [0.29, 0.717) is 17.2 Å². The van der Waals surface area contributed by atoms with Gasteiger partial charge in [-0.05, 0) is 36.7 Å². The third-order valence-corrected chi connectivity index (χ3v) is 1.99. The molecule has 1 aromatic heterocycles. The number of halogens is 1. The fourth-order valence-corrected chi connectivity index (χ4v) is 1.46. The van der Waals surface area contributed by atoms with Crippen LogP contribution in [0.1, 0.15) is 26.3 Å². The lowest BCUT2D eigenvalue weighted by Gasteiger charge is -2.22. The van der Waals surface area contributed by atoms with Crippen LogP contribution in [0.5, 0.6) is 0 Å². The first-order valence-electron chi connectivity index (χ1n) is 4.44. The van der Waals surface area contributed by atoms with Crippen LogP contribution in [-0.2, 0) is 0 Å². The van der Waals surface area contributed by atoms with Crippen molar-refractivity contribution < 1.29 is 0 Å². The van der Waals surface area contributed by atoms with Crippen molar-refractivity contribution in [3.8, 4) is 0 Å². The Balaban J connectivity index is 3.18. The van der Waals surface area contributed by atoms with Crippen LogP contribution in [0.15, 0.2) is 6.33 Å². The van der Waals surface area contributed by atoms with E-state index < -0.39 is 0 Å². The molecule has 1 aromatic rings. The minimum atomic E-state index is -0.141. The normalized spacial score (nSPS) is 11.2. The van der Waals surface area contributed by atoms with E-state index in [1.165, 1.54) is 6.33 Å². The summed E-state index contributed by atoms with van der Waals surface area (Å²) in [5.74, 6) is 0.857. The summed E-state index contributed by atoms with van der Waals surface area (Å²) in [5, 5.41) is 10.7. The molecule has 0 unspecified atom stereocenters. The number of nitrogens with zero attached hydrogens (tertiary/aromatic N) is 2. The Labute approximate surface area is 97.1 Å². The monoisotopic (exact) mass is 271 g/mol. The number of hydrogen-bond donors (Lipinski definition) is 3. The largest absolute Gasteiger partial charge is 0.383 e. The Morgan fingerprint density at radius 2 is 2.07 bits per heavy atom. The van der Waals surface area contributed by atoms with Gasteiger partial charge in [0.15, 0.2) is 0 Å². The number of aromatic nitrogens is 2. The summed E-state index contributed by atoms with van der Waals surface area (Å²) in [6.07, 6.45) is 1.38. The molecule has 0 aromatic carbocycles. The SMILES string of the molecule is CC(C)(C)Nc1ncnc(N)c1C(=N)Br. The molecule has 15 heavy (non-hydrogen) atoms. The highest BCUT2D eigenvalue weighted by Crippen LogP contribution is 2.22. The van der Waals surface area contributed by atoms with E-state index >= 15 is 0 Å². The molecule has 1 rings (SSSR count). The van der Waals surface area contributed by atoms with Crippen LogP contribution in [0.2, 0.25) is 0 Å². The second-order valence-electron chi connectivity index (χ2n) is 4.17. The van der Waals surface area contributed by atoms with E-state index in [4.69, 9.17) is 11.1 Å². The molecule has 0 saturated heterocycles. The van der Waals surface area contributed by atoms with Crippen LogP contribution in [0.3, 0.4) is 0 Å². The summed E-state index contributed by atoms with van der Waals surface area (Å²) in [5.41, 5.74) is 6.03. The summed E-state index contributed by atoms with van der Waals surface area (Å²) in [7, 11) is 0. The standard InChI is InChI=1S/C9H14BrN5/c1-9(2,3)15-8-5(6(10)11)7(12)13-4-14-8/h4,11H,1-3H3,(H3,12,13,14,15). The Bertz CT molecular complexity index is 383. The smallest absolute Gasteiger partial charge is 0.141 e. The summed E-state index contributed by atoms with van der Waals surface area (Å²) in [6.45, 7) is 6.02. The minimum absolute atomic E-state index is 0.141. The van der Waals surface area contributed by atoms with E-state index in [1.807, 2.05) is 20.8 Å². The van der Waals surface area contributed by atoms with Gasteiger partial charge < -0.3 is 11.1 Å². The van der Waals surface area contributed by atoms with Gasteiger partial charge in [-0.3, -0.25) is 5.41 Å². The van der Waals surface area contributed by atoms with E-state index in [2.05, 4.69) is 31.2 Å². The van der Waals surface area contributed by atoms with Gasteiger partial charge in [0, 0.05) is 5.54 Å². The second kappa shape index (κ2) is 4.14. The second-order valence-corrected chi connectivity index (χ2v) is 4.96. The number of rotatable bonds is 2. The van der Waals surface area contributed by atoms with Crippen molar-refractivity contribution in [3.05, 3.63) is 11.9 Å². The molecule has 0 aliphatic rings. The first kappa shape index (κ1) is 11.9. The molecule has 0 fully saturated rings. The lowest BCUT2D eigenvalue weighted by Crippen LogP contribution is -2.28. The number of anilines is 2. The van der Waals surface area contributed by atoms with Crippen molar-refractivity contribution in [1.29, 1.82) is 5.41 Å². The molecule has 0 aliphatic heterocycles. The molecule has 0 spiro atoms. The van der Waals surface area contributed by atoms with Gasteiger partial charge in [-0.25, -0.2) is 9.97 Å². The predicted molar refractivity (Wildman–Crippen MR) is 65.6 cm³/mol. The number of nitrogens with one attached hydrogen (secondary N) is 2. The topological polar surface area (TPSA) is 87.7 Å². The van der Waals surface area contributed by atoms with Crippen LogP contribution in [-0.4, -0.2) is 20.1 Å². The van der Waals surface area contributed by atoms with E-state index in [-0.39, 0.29) is 10.2 Å². The minimum Gasteiger partial charge on any atom is -0.383 e. The maximum atomic E-state index is 7.54. The molecular formula is C9H14BrN5. The zero-order valence-corrected chi connectivity index (χ0v) is 10.5. The summed E-state index contributed by atoms with van der Waals surface area (Å²) < 4.78 is 0.173. The fraction of sp³-hybridized carbons (Fsp3) is 0.444. The molecule has 1 heterocycles. The zero-order chi connectivity index (χ0) is 11.6. The van der Waals surface area contributed by atoms with Crippen molar-refractivity contribution in [2.24, 2.45) is 0 Å². The van der Waals surface area contributed by atoms with Crippen molar-refractivity contribution in [1.82, 2.24) is 9.97 Å². The van der Waals surface area contributed by atoms with Crippen molar-refractivity contribution in [2.45, 2.75) is 26.3 Å². The maximum Gasteiger partial charge on any atom is 0.141 e. The summed E-state index contributed by atoms with van der Waals surface area (Å²) in [4.78, 5) is 7.92. The first-order valence-corrected chi connectivity index (χ1v) is 5.23. The van der Waals surface area contributed by atoms with E-state index in [1.54, 1.807) is 0 Å². The molecule has 6 heteroatoms. The van der Waals surface area contributed by atoms with Gasteiger partial charge in [-0.1, -0.05) is 0 Å². The quantitative estimate of drug-likeness (QED) is 0.718. The van der Waals surface area contributed by atoms with Crippen molar-refractivity contribution in [3.63, 3.8) is 0 Å².